The molecule has 1 atom stereocenters. The number of imidazole rings is 1. The summed E-state index contributed by atoms with van der Waals surface area (Å²) in [6.45, 7) is 3.07. The van der Waals surface area contributed by atoms with Gasteiger partial charge in [-0.25, -0.2) is 9.97 Å². The molecule has 3 aromatic rings. The summed E-state index contributed by atoms with van der Waals surface area (Å²) in [5, 5.41) is 3.18. The van der Waals surface area contributed by atoms with Gasteiger partial charge >= 0.3 is 0 Å². The zero-order valence-electron chi connectivity index (χ0n) is 11.6. The van der Waals surface area contributed by atoms with Crippen molar-refractivity contribution in [1.82, 2.24) is 14.5 Å². The average molecular weight is 385 g/mol. The predicted molar refractivity (Wildman–Crippen MR) is 92.4 cm³/mol. The Morgan fingerprint density at radius 3 is 3.00 bits per heavy atom. The SMILES string of the molecule is CC(Cn1c(CCCl)nc2ccc(Br)cc21)c1nccs1. The van der Waals surface area contributed by atoms with Crippen molar-refractivity contribution in [1.29, 1.82) is 0 Å². The van der Waals surface area contributed by atoms with E-state index in [1.54, 1.807) is 11.3 Å². The Kier molecular flexibility index (Phi) is 4.62. The summed E-state index contributed by atoms with van der Waals surface area (Å²) in [5.74, 6) is 1.98. The van der Waals surface area contributed by atoms with Crippen molar-refractivity contribution < 1.29 is 0 Å². The Hall–Kier alpha value is -0.910. The molecule has 0 spiro atoms. The first-order valence-electron chi connectivity index (χ1n) is 6.79. The number of rotatable bonds is 5. The molecule has 0 amide bonds. The number of hydrogen-bond donors (Lipinski definition) is 0. The minimum atomic E-state index is 0.357. The fourth-order valence-electron chi connectivity index (χ4n) is 2.45. The standard InChI is InChI=1S/C15H15BrClN3S/c1-10(15-18-6-7-21-15)9-20-13-8-11(16)2-3-12(13)19-14(20)4-5-17/h2-3,6-8,10H,4-5,9H2,1H3. The van der Waals surface area contributed by atoms with E-state index < -0.39 is 0 Å². The third-order valence-corrected chi connectivity index (χ3v) is 5.13. The molecule has 0 N–H and O–H groups in total. The summed E-state index contributed by atoms with van der Waals surface area (Å²) in [5.41, 5.74) is 2.16. The molecular formula is C15H15BrClN3S. The fourth-order valence-corrected chi connectivity index (χ4v) is 3.66. The quantitative estimate of drug-likeness (QED) is 0.589. The maximum atomic E-state index is 5.93. The van der Waals surface area contributed by atoms with Gasteiger partial charge in [-0.15, -0.1) is 22.9 Å². The molecule has 0 aliphatic rings. The summed E-state index contributed by atoms with van der Waals surface area (Å²) in [4.78, 5) is 9.14. The van der Waals surface area contributed by atoms with Gasteiger partial charge in [0, 0.05) is 40.8 Å². The third kappa shape index (κ3) is 3.15. The van der Waals surface area contributed by atoms with Gasteiger partial charge in [-0.2, -0.15) is 0 Å². The van der Waals surface area contributed by atoms with Crippen LogP contribution in [0.15, 0.2) is 34.2 Å². The van der Waals surface area contributed by atoms with E-state index in [0.717, 1.165) is 39.3 Å². The first kappa shape index (κ1) is 15.0. The molecule has 0 aliphatic carbocycles. The van der Waals surface area contributed by atoms with E-state index >= 15 is 0 Å². The molecule has 0 saturated heterocycles. The van der Waals surface area contributed by atoms with Gasteiger partial charge in [0.25, 0.3) is 0 Å². The first-order valence-corrected chi connectivity index (χ1v) is 8.99. The number of thiazole rings is 1. The molecule has 0 fully saturated rings. The maximum Gasteiger partial charge on any atom is 0.111 e. The first-order chi connectivity index (χ1) is 10.2. The molecule has 0 bridgehead atoms. The highest BCUT2D eigenvalue weighted by molar-refractivity contribution is 9.10. The van der Waals surface area contributed by atoms with Gasteiger partial charge in [0.2, 0.25) is 0 Å². The van der Waals surface area contributed by atoms with E-state index in [1.165, 1.54) is 0 Å². The number of hydrogen-bond acceptors (Lipinski definition) is 3. The highest BCUT2D eigenvalue weighted by Crippen LogP contribution is 2.26. The number of nitrogens with zero attached hydrogens (tertiary/aromatic N) is 3. The summed E-state index contributed by atoms with van der Waals surface area (Å²) >= 11 is 11.2. The summed E-state index contributed by atoms with van der Waals surface area (Å²) in [6.07, 6.45) is 2.64. The molecule has 1 aromatic carbocycles. The molecule has 110 valence electrons. The molecule has 2 aromatic heterocycles. The number of fused-ring (bicyclic) bond motifs is 1. The van der Waals surface area contributed by atoms with Crippen molar-refractivity contribution in [3.05, 3.63) is 45.1 Å². The van der Waals surface area contributed by atoms with Gasteiger partial charge < -0.3 is 4.57 Å². The monoisotopic (exact) mass is 383 g/mol. The van der Waals surface area contributed by atoms with Gasteiger partial charge in [0.1, 0.15) is 5.82 Å². The van der Waals surface area contributed by atoms with E-state index in [-0.39, 0.29) is 0 Å². The Labute approximate surface area is 141 Å². The molecule has 0 radical (unpaired) electrons. The zero-order chi connectivity index (χ0) is 14.8. The van der Waals surface area contributed by atoms with Crippen LogP contribution in [0.25, 0.3) is 11.0 Å². The largest absolute Gasteiger partial charge is 0.327 e. The third-order valence-electron chi connectivity index (χ3n) is 3.44. The van der Waals surface area contributed by atoms with Crippen LogP contribution in [-0.4, -0.2) is 20.4 Å². The van der Waals surface area contributed by atoms with Gasteiger partial charge in [-0.1, -0.05) is 22.9 Å². The van der Waals surface area contributed by atoms with Crippen LogP contribution in [0.2, 0.25) is 0 Å². The average Bonchev–Trinajstić information content (AvgIpc) is 3.09. The summed E-state index contributed by atoms with van der Waals surface area (Å²) in [7, 11) is 0. The number of aromatic nitrogens is 3. The Morgan fingerprint density at radius 1 is 1.43 bits per heavy atom. The van der Waals surface area contributed by atoms with Crippen molar-refractivity contribution in [2.75, 3.05) is 5.88 Å². The van der Waals surface area contributed by atoms with Crippen LogP contribution < -0.4 is 0 Å². The second kappa shape index (κ2) is 6.46. The maximum absolute atomic E-state index is 5.93. The van der Waals surface area contributed by atoms with Crippen molar-refractivity contribution >= 4 is 49.9 Å². The minimum absolute atomic E-state index is 0.357. The molecule has 6 heteroatoms. The van der Waals surface area contributed by atoms with Gasteiger partial charge in [-0.3, -0.25) is 0 Å². The Balaban J connectivity index is 2.02. The molecule has 0 aliphatic heterocycles. The van der Waals surface area contributed by atoms with Crippen LogP contribution in [-0.2, 0) is 13.0 Å². The van der Waals surface area contributed by atoms with E-state index in [2.05, 4.69) is 38.5 Å². The summed E-state index contributed by atoms with van der Waals surface area (Å²) in [6, 6.07) is 6.19. The Bertz CT molecular complexity index is 739. The van der Waals surface area contributed by atoms with Crippen molar-refractivity contribution in [2.45, 2.75) is 25.8 Å². The lowest BCUT2D eigenvalue weighted by Crippen LogP contribution is -2.10. The van der Waals surface area contributed by atoms with Crippen LogP contribution in [0, 0.1) is 0 Å². The minimum Gasteiger partial charge on any atom is -0.327 e. The van der Waals surface area contributed by atoms with Crippen molar-refractivity contribution in [3.63, 3.8) is 0 Å². The second-order valence-electron chi connectivity index (χ2n) is 4.98. The van der Waals surface area contributed by atoms with Crippen LogP contribution in [0.3, 0.4) is 0 Å². The predicted octanol–water partition coefficient (Wildman–Crippen LogP) is 4.84. The molecule has 21 heavy (non-hydrogen) atoms. The highest BCUT2D eigenvalue weighted by atomic mass is 79.9. The lowest BCUT2D eigenvalue weighted by Gasteiger charge is -2.13. The molecule has 0 saturated carbocycles. The normalized spacial score (nSPS) is 12.9. The Morgan fingerprint density at radius 2 is 2.29 bits per heavy atom. The number of halogens is 2. The van der Waals surface area contributed by atoms with Crippen LogP contribution in [0.4, 0.5) is 0 Å². The van der Waals surface area contributed by atoms with Gasteiger partial charge in [0.15, 0.2) is 0 Å². The second-order valence-corrected chi connectivity index (χ2v) is 7.20. The zero-order valence-corrected chi connectivity index (χ0v) is 14.7. The molecule has 2 heterocycles. The molecule has 1 unspecified atom stereocenters. The summed E-state index contributed by atoms with van der Waals surface area (Å²) < 4.78 is 3.34. The van der Waals surface area contributed by atoms with E-state index in [4.69, 9.17) is 16.6 Å². The van der Waals surface area contributed by atoms with Crippen molar-refractivity contribution in [2.24, 2.45) is 0 Å². The van der Waals surface area contributed by atoms with Crippen LogP contribution >= 0.6 is 38.9 Å². The number of aryl methyl sites for hydroxylation is 1. The molecule has 3 rings (SSSR count). The van der Waals surface area contributed by atoms with Crippen molar-refractivity contribution in [3.8, 4) is 0 Å². The number of alkyl halides is 1. The topological polar surface area (TPSA) is 30.7 Å². The van der Waals surface area contributed by atoms with Crippen LogP contribution in [0.5, 0.6) is 0 Å². The van der Waals surface area contributed by atoms with E-state index in [9.17, 15) is 0 Å². The molecular weight excluding hydrogens is 370 g/mol. The smallest absolute Gasteiger partial charge is 0.111 e. The van der Waals surface area contributed by atoms with Gasteiger partial charge in [0.05, 0.1) is 16.0 Å². The van der Waals surface area contributed by atoms with E-state index in [1.807, 2.05) is 23.7 Å². The highest BCUT2D eigenvalue weighted by Gasteiger charge is 2.15. The van der Waals surface area contributed by atoms with Gasteiger partial charge in [-0.05, 0) is 18.2 Å². The fraction of sp³-hybridized carbons (Fsp3) is 0.333. The lowest BCUT2D eigenvalue weighted by atomic mass is 10.2. The molecule has 3 nitrogen and oxygen atoms in total. The lowest BCUT2D eigenvalue weighted by molar-refractivity contribution is 0.586. The van der Waals surface area contributed by atoms with Crippen LogP contribution in [0.1, 0.15) is 23.7 Å². The number of benzene rings is 1. The van der Waals surface area contributed by atoms with E-state index in [0.29, 0.717) is 11.8 Å².